The average Bonchev–Trinajstić information content (AvgIpc) is 2.81. The third-order valence-corrected chi connectivity index (χ3v) is 3.44. The minimum Gasteiger partial charge on any atom is -0.385 e. The molecule has 2 nitrogen and oxygen atoms in total. The van der Waals surface area contributed by atoms with Gasteiger partial charge in [0.05, 0.1) is 0 Å². The number of benzene rings is 1. The predicted molar refractivity (Wildman–Crippen MR) is 71.3 cm³/mol. The number of nitrogens with one attached hydrogen (secondary N) is 1. The second kappa shape index (κ2) is 6.77. The van der Waals surface area contributed by atoms with Gasteiger partial charge in [-0.3, -0.25) is 0 Å². The van der Waals surface area contributed by atoms with Crippen molar-refractivity contribution in [2.45, 2.75) is 38.6 Å². The molecule has 0 spiro atoms. The number of unbranched alkanes of at least 4 members (excludes halogenated alkanes) is 1. The fraction of sp³-hybridized carbons (Fsp3) is 0.600. The van der Waals surface area contributed by atoms with E-state index in [9.17, 15) is 0 Å². The van der Waals surface area contributed by atoms with Crippen LogP contribution in [0.25, 0.3) is 0 Å². The summed E-state index contributed by atoms with van der Waals surface area (Å²) in [7, 11) is 1.76. The number of rotatable bonds is 7. The Labute approximate surface area is 104 Å². The van der Waals surface area contributed by atoms with E-state index >= 15 is 0 Å². The maximum Gasteiger partial charge on any atom is 0.0462 e. The van der Waals surface area contributed by atoms with Crippen molar-refractivity contribution < 1.29 is 4.74 Å². The second-order valence-corrected chi connectivity index (χ2v) is 4.83. The molecule has 0 fully saturated rings. The third-order valence-electron chi connectivity index (χ3n) is 3.44. The first-order valence-corrected chi connectivity index (χ1v) is 6.70. The number of hydrogen-bond acceptors (Lipinski definition) is 2. The molecule has 0 bridgehead atoms. The Kier molecular flexibility index (Phi) is 5.02. The van der Waals surface area contributed by atoms with Gasteiger partial charge in [-0.05, 0) is 55.3 Å². The highest BCUT2D eigenvalue weighted by atomic mass is 16.5. The summed E-state index contributed by atoms with van der Waals surface area (Å²) in [4.78, 5) is 0. The predicted octanol–water partition coefficient (Wildman–Crippen LogP) is 2.69. The first-order chi connectivity index (χ1) is 8.40. The van der Waals surface area contributed by atoms with Crippen molar-refractivity contribution in [1.82, 2.24) is 5.32 Å². The summed E-state index contributed by atoms with van der Waals surface area (Å²) in [5, 5.41) is 3.50. The molecule has 0 saturated heterocycles. The molecule has 1 aromatic carbocycles. The lowest BCUT2D eigenvalue weighted by atomic mass is 10.1. The molecular formula is C15H23NO. The minimum absolute atomic E-state index is 0.876. The van der Waals surface area contributed by atoms with Gasteiger partial charge in [-0.1, -0.05) is 18.2 Å². The molecule has 94 valence electrons. The SMILES string of the molecule is COCCCCNCc1ccc2c(c1)CCC2. The van der Waals surface area contributed by atoms with Gasteiger partial charge in [-0.25, -0.2) is 0 Å². The highest BCUT2D eigenvalue weighted by Crippen LogP contribution is 2.22. The van der Waals surface area contributed by atoms with Gasteiger partial charge in [0.1, 0.15) is 0 Å². The molecule has 0 unspecified atom stereocenters. The van der Waals surface area contributed by atoms with Crippen LogP contribution in [0.2, 0.25) is 0 Å². The normalized spacial score (nSPS) is 13.9. The maximum absolute atomic E-state index is 5.03. The number of hydrogen-bond donors (Lipinski definition) is 1. The van der Waals surface area contributed by atoms with Crippen molar-refractivity contribution in [3.05, 3.63) is 34.9 Å². The summed E-state index contributed by atoms with van der Waals surface area (Å²) < 4.78 is 5.03. The molecular weight excluding hydrogens is 210 g/mol. The molecule has 1 N–H and O–H groups in total. The van der Waals surface area contributed by atoms with E-state index < -0.39 is 0 Å². The van der Waals surface area contributed by atoms with Crippen LogP contribution in [-0.2, 0) is 24.1 Å². The zero-order chi connectivity index (χ0) is 11.9. The third kappa shape index (κ3) is 3.83. The highest BCUT2D eigenvalue weighted by molar-refractivity contribution is 5.35. The summed E-state index contributed by atoms with van der Waals surface area (Å²) in [6, 6.07) is 6.96. The van der Waals surface area contributed by atoms with Crippen molar-refractivity contribution in [3.8, 4) is 0 Å². The van der Waals surface area contributed by atoms with Crippen molar-refractivity contribution in [1.29, 1.82) is 0 Å². The molecule has 0 aromatic heterocycles. The van der Waals surface area contributed by atoms with Crippen molar-refractivity contribution in [3.63, 3.8) is 0 Å². The summed E-state index contributed by atoms with van der Waals surface area (Å²) in [5.74, 6) is 0. The summed E-state index contributed by atoms with van der Waals surface area (Å²) in [5.41, 5.74) is 4.56. The monoisotopic (exact) mass is 233 g/mol. The molecule has 0 heterocycles. The van der Waals surface area contributed by atoms with Gasteiger partial charge >= 0.3 is 0 Å². The van der Waals surface area contributed by atoms with Gasteiger partial charge in [0.15, 0.2) is 0 Å². The topological polar surface area (TPSA) is 21.3 Å². The Hall–Kier alpha value is -0.860. The average molecular weight is 233 g/mol. The van der Waals surface area contributed by atoms with E-state index in [1.54, 1.807) is 18.2 Å². The van der Waals surface area contributed by atoms with E-state index in [0.29, 0.717) is 0 Å². The maximum atomic E-state index is 5.03. The first-order valence-electron chi connectivity index (χ1n) is 6.70. The molecule has 2 rings (SSSR count). The Morgan fingerprint density at radius 3 is 2.94 bits per heavy atom. The molecule has 1 aliphatic carbocycles. The molecule has 0 radical (unpaired) electrons. The Balaban J connectivity index is 1.69. The van der Waals surface area contributed by atoms with E-state index in [4.69, 9.17) is 4.74 Å². The quantitative estimate of drug-likeness (QED) is 0.731. The van der Waals surface area contributed by atoms with E-state index in [0.717, 1.165) is 26.1 Å². The molecule has 1 aliphatic rings. The molecule has 2 heteroatoms. The second-order valence-electron chi connectivity index (χ2n) is 4.83. The zero-order valence-electron chi connectivity index (χ0n) is 10.8. The van der Waals surface area contributed by atoms with Crippen LogP contribution in [0.3, 0.4) is 0 Å². The smallest absolute Gasteiger partial charge is 0.0462 e. The Morgan fingerprint density at radius 2 is 2.06 bits per heavy atom. The van der Waals surface area contributed by atoms with E-state index in [-0.39, 0.29) is 0 Å². The fourth-order valence-corrected chi connectivity index (χ4v) is 2.46. The van der Waals surface area contributed by atoms with Crippen molar-refractivity contribution in [2.75, 3.05) is 20.3 Å². The van der Waals surface area contributed by atoms with Gasteiger partial charge in [0.2, 0.25) is 0 Å². The van der Waals surface area contributed by atoms with Crippen LogP contribution in [0.15, 0.2) is 18.2 Å². The van der Waals surface area contributed by atoms with Gasteiger partial charge in [0, 0.05) is 20.3 Å². The molecule has 17 heavy (non-hydrogen) atoms. The van der Waals surface area contributed by atoms with Gasteiger partial charge in [-0.2, -0.15) is 0 Å². The molecule has 0 amide bonds. The van der Waals surface area contributed by atoms with Crippen LogP contribution < -0.4 is 5.32 Å². The summed E-state index contributed by atoms with van der Waals surface area (Å²) in [6.07, 6.45) is 6.23. The van der Waals surface area contributed by atoms with Gasteiger partial charge in [0.25, 0.3) is 0 Å². The van der Waals surface area contributed by atoms with Crippen LogP contribution in [-0.4, -0.2) is 20.3 Å². The number of fused-ring (bicyclic) bond motifs is 1. The van der Waals surface area contributed by atoms with Crippen molar-refractivity contribution >= 4 is 0 Å². The molecule has 0 aliphatic heterocycles. The van der Waals surface area contributed by atoms with Crippen LogP contribution >= 0.6 is 0 Å². The first kappa shape index (κ1) is 12.6. The highest BCUT2D eigenvalue weighted by Gasteiger charge is 2.10. The van der Waals surface area contributed by atoms with E-state index in [1.807, 2.05) is 0 Å². The lowest BCUT2D eigenvalue weighted by Gasteiger charge is -2.07. The zero-order valence-corrected chi connectivity index (χ0v) is 10.8. The van der Waals surface area contributed by atoms with Crippen LogP contribution in [0.5, 0.6) is 0 Å². The lowest BCUT2D eigenvalue weighted by molar-refractivity contribution is 0.192. The van der Waals surface area contributed by atoms with Crippen molar-refractivity contribution in [2.24, 2.45) is 0 Å². The van der Waals surface area contributed by atoms with Gasteiger partial charge < -0.3 is 10.1 Å². The molecule has 1 aromatic rings. The molecule has 0 atom stereocenters. The minimum atomic E-state index is 0.876. The van der Waals surface area contributed by atoms with E-state index in [1.165, 1.54) is 31.2 Å². The molecule has 0 saturated carbocycles. The summed E-state index contributed by atoms with van der Waals surface area (Å²) in [6.45, 7) is 2.96. The Morgan fingerprint density at radius 1 is 1.18 bits per heavy atom. The van der Waals surface area contributed by atoms with Crippen LogP contribution in [0.1, 0.15) is 36.0 Å². The number of methoxy groups -OCH3 is 1. The number of aryl methyl sites for hydroxylation is 2. The van der Waals surface area contributed by atoms with E-state index in [2.05, 4.69) is 23.5 Å². The fourth-order valence-electron chi connectivity index (χ4n) is 2.46. The standard InChI is InChI=1S/C15H23NO/c1-17-10-3-2-9-16-12-13-7-8-14-5-4-6-15(14)11-13/h7-8,11,16H,2-6,9-10,12H2,1H3. The summed E-state index contributed by atoms with van der Waals surface area (Å²) >= 11 is 0. The number of ether oxygens (including phenoxy) is 1. The van der Waals surface area contributed by atoms with Gasteiger partial charge in [-0.15, -0.1) is 0 Å². The Bertz CT molecular complexity index is 349. The largest absolute Gasteiger partial charge is 0.385 e. The van der Waals surface area contributed by atoms with Crippen LogP contribution in [0, 0.1) is 0 Å². The van der Waals surface area contributed by atoms with Crippen LogP contribution in [0.4, 0.5) is 0 Å². The lowest BCUT2D eigenvalue weighted by Crippen LogP contribution is -2.15.